The molecule has 0 spiro atoms. The van der Waals surface area contributed by atoms with Crippen molar-refractivity contribution >= 4 is 0 Å². The molecule has 1 aliphatic heterocycles. The van der Waals surface area contributed by atoms with Gasteiger partial charge in [-0.2, -0.15) is 0 Å². The van der Waals surface area contributed by atoms with Crippen LogP contribution in [-0.4, -0.2) is 15.7 Å². The molecule has 1 aliphatic rings. The van der Waals surface area contributed by atoms with Crippen molar-refractivity contribution in [1.82, 2.24) is 9.13 Å². The number of hydrogen-bond donors (Lipinski definition) is 0. The van der Waals surface area contributed by atoms with Crippen molar-refractivity contribution in [2.75, 3.05) is 6.61 Å². The van der Waals surface area contributed by atoms with Crippen LogP contribution in [0.4, 0.5) is 0 Å². The summed E-state index contributed by atoms with van der Waals surface area (Å²) in [6, 6.07) is 0. The van der Waals surface area contributed by atoms with E-state index in [2.05, 4.69) is 0 Å². The molecule has 0 unspecified atom stereocenters. The van der Waals surface area contributed by atoms with Crippen molar-refractivity contribution in [3.63, 3.8) is 0 Å². The summed E-state index contributed by atoms with van der Waals surface area (Å²) in [6.07, 6.45) is 0.849. The Kier molecular flexibility index (Phi) is 1.58. The number of rotatable bonds is 0. The van der Waals surface area contributed by atoms with Crippen LogP contribution >= 0.6 is 0 Å². The molecular weight excluding hydrogens is 156 g/mol. The number of ether oxygens (including phenoxy) is 1. The Balaban J connectivity index is 2.68. The van der Waals surface area contributed by atoms with Crippen molar-refractivity contribution in [2.24, 2.45) is 14.1 Å². The number of fused-ring (bicyclic) bond motifs is 1. The van der Waals surface area contributed by atoms with E-state index in [9.17, 15) is 4.79 Å². The number of hydrogen-bond acceptors (Lipinski definition) is 2. The van der Waals surface area contributed by atoms with Crippen LogP contribution in [0, 0.1) is 0 Å². The van der Waals surface area contributed by atoms with Gasteiger partial charge in [0.25, 0.3) is 0 Å². The monoisotopic (exact) mass is 168 g/mol. The molecule has 0 saturated carbocycles. The third-order valence-corrected chi connectivity index (χ3v) is 2.44. The average molecular weight is 168 g/mol. The zero-order valence-corrected chi connectivity index (χ0v) is 7.33. The molecule has 12 heavy (non-hydrogen) atoms. The topological polar surface area (TPSA) is 36.2 Å². The third kappa shape index (κ3) is 0.845. The van der Waals surface area contributed by atoms with Crippen LogP contribution in [0.15, 0.2) is 4.79 Å². The molecule has 1 aromatic heterocycles. The van der Waals surface area contributed by atoms with Crippen molar-refractivity contribution in [3.05, 3.63) is 21.9 Å². The van der Waals surface area contributed by atoms with E-state index in [1.807, 2.05) is 7.05 Å². The second kappa shape index (κ2) is 2.48. The van der Waals surface area contributed by atoms with Crippen LogP contribution in [0.3, 0.4) is 0 Å². The molecule has 0 saturated heterocycles. The van der Waals surface area contributed by atoms with Gasteiger partial charge >= 0.3 is 5.69 Å². The summed E-state index contributed by atoms with van der Waals surface area (Å²) in [4.78, 5) is 11.4. The van der Waals surface area contributed by atoms with Crippen molar-refractivity contribution < 1.29 is 4.74 Å². The molecule has 0 aliphatic carbocycles. The van der Waals surface area contributed by atoms with Crippen LogP contribution in [0.2, 0.25) is 0 Å². The Morgan fingerprint density at radius 2 is 1.92 bits per heavy atom. The highest BCUT2D eigenvalue weighted by Gasteiger charge is 2.18. The molecule has 4 nitrogen and oxygen atoms in total. The second-order valence-corrected chi connectivity index (χ2v) is 3.10. The van der Waals surface area contributed by atoms with Gasteiger partial charge in [-0.1, -0.05) is 0 Å². The molecule has 0 amide bonds. The predicted molar refractivity (Wildman–Crippen MR) is 44.0 cm³/mol. The zero-order valence-electron chi connectivity index (χ0n) is 7.33. The zero-order chi connectivity index (χ0) is 8.72. The first-order valence-corrected chi connectivity index (χ1v) is 4.03. The lowest BCUT2D eigenvalue weighted by atomic mass is 10.2. The van der Waals surface area contributed by atoms with E-state index in [0.29, 0.717) is 6.61 Å². The van der Waals surface area contributed by atoms with E-state index in [4.69, 9.17) is 4.74 Å². The second-order valence-electron chi connectivity index (χ2n) is 3.10. The molecule has 2 heterocycles. The Labute approximate surface area is 70.4 Å². The van der Waals surface area contributed by atoms with Crippen molar-refractivity contribution in [1.29, 1.82) is 0 Å². The van der Waals surface area contributed by atoms with E-state index >= 15 is 0 Å². The van der Waals surface area contributed by atoms with Crippen LogP contribution < -0.4 is 5.69 Å². The molecule has 0 aromatic carbocycles. The summed E-state index contributed by atoms with van der Waals surface area (Å²) in [5, 5.41) is 0. The minimum atomic E-state index is 0.0468. The Morgan fingerprint density at radius 1 is 1.25 bits per heavy atom. The highest BCUT2D eigenvalue weighted by atomic mass is 16.5. The first kappa shape index (κ1) is 7.61. The van der Waals surface area contributed by atoms with Crippen LogP contribution in [0.25, 0.3) is 0 Å². The Hall–Kier alpha value is -1.03. The standard InChI is InChI=1S/C8H12N2O2/c1-9-6-3-4-12-5-7(6)10(2)8(9)11/h3-5H2,1-2H3. The average Bonchev–Trinajstić information content (AvgIpc) is 2.33. The molecule has 1 aromatic rings. The summed E-state index contributed by atoms with van der Waals surface area (Å²) in [5.74, 6) is 0. The van der Waals surface area contributed by atoms with Gasteiger partial charge in [-0.25, -0.2) is 4.79 Å². The van der Waals surface area contributed by atoms with E-state index in [0.717, 1.165) is 24.4 Å². The van der Waals surface area contributed by atoms with E-state index in [1.165, 1.54) is 0 Å². The van der Waals surface area contributed by atoms with Crippen molar-refractivity contribution in [3.8, 4) is 0 Å². The SMILES string of the molecule is Cn1c2c(n(C)c1=O)COCC2. The smallest absolute Gasteiger partial charge is 0.328 e. The first-order chi connectivity index (χ1) is 5.72. The fourth-order valence-electron chi connectivity index (χ4n) is 1.67. The van der Waals surface area contributed by atoms with Crippen LogP contribution in [0.1, 0.15) is 11.4 Å². The van der Waals surface area contributed by atoms with E-state index in [1.54, 1.807) is 16.2 Å². The van der Waals surface area contributed by atoms with E-state index in [-0.39, 0.29) is 5.69 Å². The van der Waals surface area contributed by atoms with Gasteiger partial charge in [-0.3, -0.25) is 9.13 Å². The summed E-state index contributed by atoms with van der Waals surface area (Å²) < 4.78 is 8.64. The molecule has 0 atom stereocenters. The van der Waals surface area contributed by atoms with Gasteiger partial charge < -0.3 is 4.74 Å². The summed E-state index contributed by atoms with van der Waals surface area (Å²) in [6.45, 7) is 1.30. The van der Waals surface area contributed by atoms with Gasteiger partial charge in [0.1, 0.15) is 0 Å². The largest absolute Gasteiger partial charge is 0.375 e. The van der Waals surface area contributed by atoms with Crippen LogP contribution in [-0.2, 0) is 31.9 Å². The third-order valence-electron chi connectivity index (χ3n) is 2.44. The number of aromatic nitrogens is 2. The Bertz CT molecular complexity index is 329. The highest BCUT2D eigenvalue weighted by Crippen LogP contribution is 2.13. The maximum atomic E-state index is 11.4. The maximum absolute atomic E-state index is 11.4. The molecule has 0 bridgehead atoms. The lowest BCUT2D eigenvalue weighted by Gasteiger charge is -2.13. The van der Waals surface area contributed by atoms with Gasteiger partial charge in [0.15, 0.2) is 0 Å². The number of nitrogens with zero attached hydrogens (tertiary/aromatic N) is 2. The fourth-order valence-corrected chi connectivity index (χ4v) is 1.67. The van der Waals surface area contributed by atoms with Gasteiger partial charge in [-0.05, 0) is 0 Å². The minimum Gasteiger partial charge on any atom is -0.375 e. The predicted octanol–water partition coefficient (Wildman–Crippen LogP) is -0.204. The minimum absolute atomic E-state index is 0.0468. The van der Waals surface area contributed by atoms with Gasteiger partial charge in [0.2, 0.25) is 0 Å². The maximum Gasteiger partial charge on any atom is 0.328 e. The molecule has 66 valence electrons. The summed E-state index contributed by atoms with van der Waals surface area (Å²) in [5.41, 5.74) is 2.19. The van der Waals surface area contributed by atoms with E-state index < -0.39 is 0 Å². The Morgan fingerprint density at radius 3 is 2.58 bits per heavy atom. The fraction of sp³-hybridized carbons (Fsp3) is 0.625. The molecule has 4 heteroatoms. The summed E-state index contributed by atoms with van der Waals surface area (Å²) >= 11 is 0. The van der Waals surface area contributed by atoms with Crippen molar-refractivity contribution in [2.45, 2.75) is 13.0 Å². The van der Waals surface area contributed by atoms with Gasteiger partial charge in [0.05, 0.1) is 18.9 Å². The van der Waals surface area contributed by atoms with Crippen LogP contribution in [0.5, 0.6) is 0 Å². The molecule has 0 fully saturated rings. The normalized spacial score (nSPS) is 16.2. The molecule has 0 N–H and O–H groups in total. The molecular formula is C8H12N2O2. The van der Waals surface area contributed by atoms with Gasteiger partial charge in [-0.15, -0.1) is 0 Å². The number of imidazole rings is 1. The lowest BCUT2D eigenvalue weighted by molar-refractivity contribution is 0.104. The summed E-state index contributed by atoms with van der Waals surface area (Å²) in [7, 11) is 3.60. The first-order valence-electron chi connectivity index (χ1n) is 4.03. The quantitative estimate of drug-likeness (QED) is 0.537. The molecule has 0 radical (unpaired) electrons. The molecule has 2 rings (SSSR count). The lowest BCUT2D eigenvalue weighted by Crippen LogP contribution is -2.20. The highest BCUT2D eigenvalue weighted by molar-refractivity contribution is 5.16. The van der Waals surface area contributed by atoms with Gasteiger partial charge in [0, 0.05) is 26.2 Å².